The number of hydrogen-bond donors (Lipinski definition) is 0. The fourth-order valence-electron chi connectivity index (χ4n) is 3.24. The van der Waals surface area contributed by atoms with Crippen LogP contribution in [0, 0.1) is 23.7 Å². The number of ether oxygens (including phenoxy) is 1. The van der Waals surface area contributed by atoms with Crippen LogP contribution in [0.3, 0.4) is 0 Å². The molecule has 5 unspecified atom stereocenters. The van der Waals surface area contributed by atoms with E-state index in [1.165, 1.54) is 0 Å². The highest BCUT2D eigenvalue weighted by molar-refractivity contribution is 5.78. The van der Waals surface area contributed by atoms with Crippen molar-refractivity contribution in [2.24, 2.45) is 23.7 Å². The molecule has 3 nitrogen and oxygen atoms in total. The summed E-state index contributed by atoms with van der Waals surface area (Å²) < 4.78 is 5.37. The van der Waals surface area contributed by atoms with Gasteiger partial charge in [-0.2, -0.15) is 0 Å². The van der Waals surface area contributed by atoms with E-state index in [-0.39, 0.29) is 23.9 Å². The molecular weight excluding hydrogens is 204 g/mol. The van der Waals surface area contributed by atoms with Crippen molar-refractivity contribution in [2.45, 2.75) is 45.6 Å². The molecule has 3 heteroatoms. The Kier molecular flexibility index (Phi) is 3.31. The van der Waals surface area contributed by atoms with Gasteiger partial charge in [0.15, 0.2) is 0 Å². The first kappa shape index (κ1) is 11.6. The third-order valence-electron chi connectivity index (χ3n) is 4.30. The van der Waals surface area contributed by atoms with Crippen LogP contribution in [-0.2, 0) is 14.3 Å². The number of carbonyl (C=O) groups is 2. The Labute approximate surface area is 96.5 Å². The van der Waals surface area contributed by atoms with Gasteiger partial charge in [0.2, 0.25) is 0 Å². The quantitative estimate of drug-likeness (QED) is 0.543. The molecule has 2 aliphatic rings. The van der Waals surface area contributed by atoms with E-state index in [4.69, 9.17) is 4.74 Å². The van der Waals surface area contributed by atoms with Gasteiger partial charge in [-0.15, -0.1) is 0 Å². The molecule has 0 radical (unpaired) electrons. The summed E-state index contributed by atoms with van der Waals surface area (Å²) in [6.45, 7) is 3.90. The van der Waals surface area contributed by atoms with Gasteiger partial charge in [-0.05, 0) is 44.4 Å². The van der Waals surface area contributed by atoms with E-state index in [0.29, 0.717) is 11.8 Å². The van der Waals surface area contributed by atoms with Gasteiger partial charge in [0.05, 0.1) is 12.0 Å². The van der Waals surface area contributed by atoms with E-state index in [0.717, 1.165) is 32.0 Å². The minimum Gasteiger partial charge on any atom is -0.462 e. The molecule has 2 bridgehead atoms. The smallest absolute Gasteiger partial charge is 0.310 e. The summed E-state index contributed by atoms with van der Waals surface area (Å²) in [4.78, 5) is 23.1. The molecule has 2 aliphatic carbocycles. The van der Waals surface area contributed by atoms with Crippen molar-refractivity contribution in [1.29, 1.82) is 0 Å². The molecule has 5 atom stereocenters. The van der Waals surface area contributed by atoms with Gasteiger partial charge in [0, 0.05) is 5.92 Å². The van der Waals surface area contributed by atoms with Crippen molar-refractivity contribution in [2.75, 3.05) is 0 Å². The molecule has 0 aromatic heterocycles. The van der Waals surface area contributed by atoms with Gasteiger partial charge in [-0.3, -0.25) is 4.79 Å². The van der Waals surface area contributed by atoms with Crippen LogP contribution in [-0.4, -0.2) is 18.4 Å². The minimum absolute atomic E-state index is 0.0288. The lowest BCUT2D eigenvalue weighted by atomic mass is 9.80. The van der Waals surface area contributed by atoms with Crippen LogP contribution in [0.15, 0.2) is 0 Å². The molecule has 0 saturated heterocycles. The third kappa shape index (κ3) is 1.87. The average Bonchev–Trinajstić information content (AvgIpc) is 2.87. The van der Waals surface area contributed by atoms with Crippen molar-refractivity contribution in [1.82, 2.24) is 0 Å². The lowest BCUT2D eigenvalue weighted by Crippen LogP contribution is -2.33. The molecule has 0 N–H and O–H groups in total. The molecule has 2 rings (SSSR count). The summed E-state index contributed by atoms with van der Waals surface area (Å²) in [7, 11) is 0. The summed E-state index contributed by atoms with van der Waals surface area (Å²) in [6.07, 6.45) is 5.03. The molecule has 0 aliphatic heterocycles. The fraction of sp³-hybridized carbons (Fsp3) is 0.846. The van der Waals surface area contributed by atoms with E-state index < -0.39 is 0 Å². The molecule has 0 aromatic rings. The Morgan fingerprint density at radius 2 is 2.12 bits per heavy atom. The van der Waals surface area contributed by atoms with E-state index >= 15 is 0 Å². The van der Waals surface area contributed by atoms with Crippen molar-refractivity contribution in [3.8, 4) is 0 Å². The first-order valence-corrected chi connectivity index (χ1v) is 6.33. The predicted molar refractivity (Wildman–Crippen MR) is 59.7 cm³/mol. The number of fused-ring (bicyclic) bond motifs is 2. The lowest BCUT2D eigenvalue weighted by Gasteiger charge is -2.26. The first-order chi connectivity index (χ1) is 7.67. The molecular formula is C13H20O3. The Morgan fingerprint density at radius 3 is 2.75 bits per heavy atom. The number of rotatable bonds is 4. The zero-order chi connectivity index (χ0) is 11.7. The van der Waals surface area contributed by atoms with Gasteiger partial charge in [-0.25, -0.2) is 0 Å². The van der Waals surface area contributed by atoms with E-state index in [9.17, 15) is 9.59 Å². The molecule has 0 aromatic carbocycles. The van der Waals surface area contributed by atoms with Gasteiger partial charge < -0.3 is 9.53 Å². The molecule has 0 heterocycles. The average molecular weight is 224 g/mol. The monoisotopic (exact) mass is 224 g/mol. The van der Waals surface area contributed by atoms with E-state index in [2.05, 4.69) is 0 Å². The molecule has 0 spiro atoms. The maximum atomic E-state index is 12.0. The molecule has 2 saturated carbocycles. The van der Waals surface area contributed by atoms with Crippen LogP contribution >= 0.6 is 0 Å². The maximum Gasteiger partial charge on any atom is 0.310 e. The first-order valence-electron chi connectivity index (χ1n) is 6.33. The largest absolute Gasteiger partial charge is 0.462 e. The number of aldehydes is 1. The van der Waals surface area contributed by atoms with Gasteiger partial charge >= 0.3 is 5.97 Å². The molecule has 2 fully saturated rings. The van der Waals surface area contributed by atoms with Crippen LogP contribution in [0.5, 0.6) is 0 Å². The van der Waals surface area contributed by atoms with Crippen molar-refractivity contribution in [3.05, 3.63) is 0 Å². The Bertz CT molecular complexity index is 287. The highest BCUT2D eigenvalue weighted by Crippen LogP contribution is 2.51. The highest BCUT2D eigenvalue weighted by Gasteiger charge is 2.51. The highest BCUT2D eigenvalue weighted by atomic mass is 16.5. The van der Waals surface area contributed by atoms with Crippen LogP contribution in [0.2, 0.25) is 0 Å². The Morgan fingerprint density at radius 1 is 1.44 bits per heavy atom. The maximum absolute atomic E-state index is 12.0. The summed E-state index contributed by atoms with van der Waals surface area (Å²) in [5.41, 5.74) is 0. The summed E-state index contributed by atoms with van der Waals surface area (Å²) in [5.74, 6) is 0.480. The van der Waals surface area contributed by atoms with Crippen molar-refractivity contribution < 1.29 is 14.3 Å². The number of carbonyl (C=O) groups excluding carboxylic acids is 2. The summed E-state index contributed by atoms with van der Waals surface area (Å²) in [5, 5.41) is 0. The fourth-order valence-corrected chi connectivity index (χ4v) is 3.24. The van der Waals surface area contributed by atoms with Crippen molar-refractivity contribution in [3.63, 3.8) is 0 Å². The number of hydrogen-bond acceptors (Lipinski definition) is 3. The predicted octanol–water partition coefficient (Wildman–Crippen LogP) is 2.19. The lowest BCUT2D eigenvalue weighted by molar-refractivity contribution is -0.158. The van der Waals surface area contributed by atoms with Crippen LogP contribution < -0.4 is 0 Å². The summed E-state index contributed by atoms with van der Waals surface area (Å²) in [6, 6.07) is 0. The zero-order valence-electron chi connectivity index (χ0n) is 10.0. The van der Waals surface area contributed by atoms with E-state index in [1.54, 1.807) is 0 Å². The third-order valence-corrected chi connectivity index (χ3v) is 4.30. The van der Waals surface area contributed by atoms with Crippen LogP contribution in [0.25, 0.3) is 0 Å². The molecule has 0 amide bonds. The second-order valence-electron chi connectivity index (χ2n) is 5.23. The Balaban J connectivity index is 2.02. The zero-order valence-corrected chi connectivity index (χ0v) is 10.0. The molecule has 90 valence electrons. The van der Waals surface area contributed by atoms with Gasteiger partial charge in [-0.1, -0.05) is 6.92 Å². The van der Waals surface area contributed by atoms with Gasteiger partial charge in [0.25, 0.3) is 0 Å². The SMILES string of the molecule is CCC(C)OC(=O)C1C2CCC(C2)C1C=O. The van der Waals surface area contributed by atoms with Crippen LogP contribution in [0.1, 0.15) is 39.5 Å². The second-order valence-corrected chi connectivity index (χ2v) is 5.23. The van der Waals surface area contributed by atoms with Crippen LogP contribution in [0.4, 0.5) is 0 Å². The summed E-state index contributed by atoms with van der Waals surface area (Å²) >= 11 is 0. The number of esters is 1. The van der Waals surface area contributed by atoms with E-state index in [1.807, 2.05) is 13.8 Å². The van der Waals surface area contributed by atoms with Crippen molar-refractivity contribution >= 4 is 12.3 Å². The second kappa shape index (κ2) is 4.56. The topological polar surface area (TPSA) is 43.4 Å². The normalized spacial score (nSPS) is 38.4. The standard InChI is InChI=1S/C13H20O3/c1-3-8(2)16-13(15)12-10-5-4-9(6-10)11(12)7-14/h7-12H,3-6H2,1-2H3. The Hall–Kier alpha value is -0.860. The minimum atomic E-state index is -0.148. The molecule has 16 heavy (non-hydrogen) atoms. The van der Waals surface area contributed by atoms with Gasteiger partial charge in [0.1, 0.15) is 6.29 Å².